The number of aromatic carboxylic acids is 1. The van der Waals surface area contributed by atoms with Crippen LogP contribution in [0.4, 0.5) is 4.79 Å². The van der Waals surface area contributed by atoms with Crippen LogP contribution in [0.3, 0.4) is 0 Å². The van der Waals surface area contributed by atoms with Gasteiger partial charge in [0.1, 0.15) is 11.4 Å². The predicted octanol–water partition coefficient (Wildman–Crippen LogP) is 4.46. The maximum Gasteiger partial charge on any atom is 0.410 e. The Hall–Kier alpha value is -2.24. The summed E-state index contributed by atoms with van der Waals surface area (Å²) in [6, 6.07) is 4.80. The smallest absolute Gasteiger partial charge is 0.410 e. The van der Waals surface area contributed by atoms with Crippen molar-refractivity contribution < 1.29 is 24.2 Å². The van der Waals surface area contributed by atoms with Crippen LogP contribution in [0, 0.1) is 0 Å². The van der Waals surface area contributed by atoms with E-state index in [1.807, 2.05) is 20.8 Å². The summed E-state index contributed by atoms with van der Waals surface area (Å²) >= 11 is 0. The van der Waals surface area contributed by atoms with Crippen LogP contribution in [0.25, 0.3) is 0 Å². The SMILES string of the molecule is COc1ccc(C(=O)O)cc1CN(C(=O)OC(C)(C)C)C1CCCCC1. The van der Waals surface area contributed by atoms with Gasteiger partial charge in [-0.05, 0) is 51.8 Å². The normalized spacial score (nSPS) is 15.4. The first-order valence-corrected chi connectivity index (χ1v) is 9.11. The van der Waals surface area contributed by atoms with Gasteiger partial charge in [-0.15, -0.1) is 0 Å². The summed E-state index contributed by atoms with van der Waals surface area (Å²) in [7, 11) is 1.54. The fraction of sp³-hybridized carbons (Fsp3) is 0.600. The minimum absolute atomic E-state index is 0.0943. The van der Waals surface area contributed by atoms with Crippen molar-refractivity contribution in [1.82, 2.24) is 4.90 Å². The monoisotopic (exact) mass is 363 g/mol. The molecule has 144 valence electrons. The van der Waals surface area contributed by atoms with Crippen molar-refractivity contribution in [3.8, 4) is 5.75 Å². The molecular formula is C20H29NO5. The quantitative estimate of drug-likeness (QED) is 0.835. The molecule has 1 aliphatic carbocycles. The second-order valence-electron chi connectivity index (χ2n) is 7.73. The Morgan fingerprint density at radius 2 is 1.85 bits per heavy atom. The molecule has 0 saturated heterocycles. The van der Waals surface area contributed by atoms with E-state index in [1.165, 1.54) is 19.6 Å². The van der Waals surface area contributed by atoms with Gasteiger partial charge in [-0.2, -0.15) is 0 Å². The van der Waals surface area contributed by atoms with E-state index < -0.39 is 11.6 Å². The molecule has 0 bridgehead atoms. The van der Waals surface area contributed by atoms with Crippen LogP contribution >= 0.6 is 0 Å². The average Bonchev–Trinajstić information content (AvgIpc) is 2.58. The highest BCUT2D eigenvalue weighted by molar-refractivity contribution is 5.88. The van der Waals surface area contributed by atoms with Crippen LogP contribution in [-0.4, -0.2) is 40.8 Å². The number of carboxylic acid groups (broad SMARTS) is 1. The van der Waals surface area contributed by atoms with Crippen LogP contribution in [0.5, 0.6) is 5.75 Å². The van der Waals surface area contributed by atoms with Crippen LogP contribution in [0.15, 0.2) is 18.2 Å². The number of methoxy groups -OCH3 is 1. The van der Waals surface area contributed by atoms with Gasteiger partial charge in [0.15, 0.2) is 0 Å². The number of amides is 1. The number of ether oxygens (including phenoxy) is 2. The Kier molecular flexibility index (Phi) is 6.51. The molecule has 2 rings (SSSR count). The third kappa shape index (κ3) is 5.38. The van der Waals surface area contributed by atoms with E-state index in [9.17, 15) is 14.7 Å². The second kappa shape index (κ2) is 8.43. The Bertz CT molecular complexity index is 644. The van der Waals surface area contributed by atoms with Crippen molar-refractivity contribution in [2.45, 2.75) is 71.1 Å². The van der Waals surface area contributed by atoms with Gasteiger partial charge in [-0.1, -0.05) is 19.3 Å². The Balaban J connectivity index is 2.32. The van der Waals surface area contributed by atoms with E-state index in [4.69, 9.17) is 9.47 Å². The summed E-state index contributed by atoms with van der Waals surface area (Å²) in [6.45, 7) is 5.80. The lowest BCUT2D eigenvalue weighted by Crippen LogP contribution is -2.43. The van der Waals surface area contributed by atoms with Gasteiger partial charge in [0.2, 0.25) is 0 Å². The first-order valence-electron chi connectivity index (χ1n) is 9.11. The lowest BCUT2D eigenvalue weighted by molar-refractivity contribution is 0.00975. The van der Waals surface area contributed by atoms with Gasteiger partial charge < -0.3 is 19.5 Å². The summed E-state index contributed by atoms with van der Waals surface area (Å²) in [4.78, 5) is 25.9. The first kappa shape index (κ1) is 20.1. The van der Waals surface area contributed by atoms with Crippen LogP contribution < -0.4 is 4.74 Å². The second-order valence-corrected chi connectivity index (χ2v) is 7.73. The molecule has 0 aliphatic heterocycles. The molecule has 1 N–H and O–H groups in total. The topological polar surface area (TPSA) is 76.1 Å². The summed E-state index contributed by atoms with van der Waals surface area (Å²) in [5.74, 6) is -0.435. The van der Waals surface area contributed by atoms with Gasteiger partial charge in [-0.25, -0.2) is 9.59 Å². The van der Waals surface area contributed by atoms with Crippen LogP contribution in [0.1, 0.15) is 68.8 Å². The zero-order chi connectivity index (χ0) is 19.3. The highest BCUT2D eigenvalue weighted by atomic mass is 16.6. The molecule has 0 spiro atoms. The highest BCUT2D eigenvalue weighted by Gasteiger charge is 2.30. The zero-order valence-corrected chi connectivity index (χ0v) is 16.1. The molecule has 1 aromatic carbocycles. The molecular weight excluding hydrogens is 334 g/mol. The number of nitrogens with zero attached hydrogens (tertiary/aromatic N) is 1. The molecule has 6 nitrogen and oxygen atoms in total. The van der Waals surface area contributed by atoms with Crippen molar-refractivity contribution in [2.75, 3.05) is 7.11 Å². The molecule has 26 heavy (non-hydrogen) atoms. The van der Waals surface area contributed by atoms with Crippen molar-refractivity contribution in [3.63, 3.8) is 0 Å². The molecule has 1 aliphatic rings. The molecule has 6 heteroatoms. The molecule has 1 saturated carbocycles. The molecule has 1 aromatic rings. The Labute approximate surface area is 155 Å². The number of hydrogen-bond acceptors (Lipinski definition) is 4. The van der Waals surface area contributed by atoms with Gasteiger partial charge >= 0.3 is 12.1 Å². The zero-order valence-electron chi connectivity index (χ0n) is 16.1. The molecule has 0 atom stereocenters. The van der Waals surface area contributed by atoms with Crippen molar-refractivity contribution in [1.29, 1.82) is 0 Å². The summed E-state index contributed by atoms with van der Waals surface area (Å²) in [5.41, 5.74) is 0.259. The van der Waals surface area contributed by atoms with Gasteiger partial charge in [-0.3, -0.25) is 0 Å². The number of carbonyl (C=O) groups is 2. The summed E-state index contributed by atoms with van der Waals surface area (Å²) in [6.07, 6.45) is 4.83. The van der Waals surface area contributed by atoms with Gasteiger partial charge in [0.05, 0.1) is 19.2 Å². The van der Waals surface area contributed by atoms with Crippen LogP contribution in [-0.2, 0) is 11.3 Å². The lowest BCUT2D eigenvalue weighted by Gasteiger charge is -2.36. The Morgan fingerprint density at radius 3 is 2.38 bits per heavy atom. The van der Waals surface area contributed by atoms with E-state index >= 15 is 0 Å². The standard InChI is InChI=1S/C20H29NO5/c1-20(2,3)26-19(24)21(16-8-6-5-7-9-16)13-15-12-14(18(22)23)10-11-17(15)25-4/h10-12,16H,5-9,13H2,1-4H3,(H,22,23). The number of carbonyl (C=O) groups excluding carboxylic acids is 1. The minimum atomic E-state index is -1.00. The highest BCUT2D eigenvalue weighted by Crippen LogP contribution is 2.29. The summed E-state index contributed by atoms with van der Waals surface area (Å²) in [5, 5.41) is 9.27. The van der Waals surface area contributed by atoms with E-state index in [1.54, 1.807) is 17.0 Å². The van der Waals surface area contributed by atoms with Crippen molar-refractivity contribution >= 4 is 12.1 Å². The maximum absolute atomic E-state index is 12.8. The van der Waals surface area contributed by atoms with Crippen molar-refractivity contribution in [3.05, 3.63) is 29.3 Å². The molecule has 0 heterocycles. The van der Waals surface area contributed by atoms with E-state index in [-0.39, 0.29) is 24.2 Å². The number of rotatable bonds is 5. The average molecular weight is 363 g/mol. The van der Waals surface area contributed by atoms with Gasteiger partial charge in [0, 0.05) is 11.6 Å². The number of hydrogen-bond donors (Lipinski definition) is 1. The molecule has 0 unspecified atom stereocenters. The Morgan fingerprint density at radius 1 is 1.19 bits per heavy atom. The van der Waals surface area contributed by atoms with E-state index in [0.29, 0.717) is 11.3 Å². The van der Waals surface area contributed by atoms with Crippen molar-refractivity contribution in [2.24, 2.45) is 0 Å². The molecule has 0 radical (unpaired) electrons. The fourth-order valence-electron chi connectivity index (χ4n) is 3.27. The fourth-order valence-corrected chi connectivity index (χ4v) is 3.27. The lowest BCUT2D eigenvalue weighted by atomic mass is 9.94. The number of carboxylic acids is 1. The van der Waals surface area contributed by atoms with Gasteiger partial charge in [0.25, 0.3) is 0 Å². The predicted molar refractivity (Wildman–Crippen MR) is 98.6 cm³/mol. The third-order valence-electron chi connectivity index (χ3n) is 4.51. The maximum atomic E-state index is 12.8. The first-order chi connectivity index (χ1) is 12.2. The van der Waals surface area contributed by atoms with E-state index in [2.05, 4.69) is 0 Å². The largest absolute Gasteiger partial charge is 0.496 e. The summed E-state index contributed by atoms with van der Waals surface area (Å²) < 4.78 is 11.0. The molecule has 1 fully saturated rings. The molecule has 1 amide bonds. The minimum Gasteiger partial charge on any atom is -0.496 e. The molecule has 0 aromatic heterocycles. The van der Waals surface area contributed by atoms with E-state index in [0.717, 1.165) is 25.7 Å². The number of benzene rings is 1. The van der Waals surface area contributed by atoms with Crippen LogP contribution in [0.2, 0.25) is 0 Å². The third-order valence-corrected chi connectivity index (χ3v) is 4.51.